The summed E-state index contributed by atoms with van der Waals surface area (Å²) in [6, 6.07) is 0. The number of hydrogen-bond donors (Lipinski definition) is 0. The van der Waals surface area contributed by atoms with Crippen LogP contribution in [0.15, 0.2) is 12.4 Å². The summed E-state index contributed by atoms with van der Waals surface area (Å²) in [4.78, 5) is 2.12. The van der Waals surface area contributed by atoms with Crippen molar-refractivity contribution in [2.75, 3.05) is 14.1 Å². The molecule has 0 saturated carbocycles. The van der Waals surface area contributed by atoms with Crippen LogP contribution in [0, 0.1) is 12.3 Å². The van der Waals surface area contributed by atoms with Gasteiger partial charge in [0, 0.05) is 6.20 Å². The average Bonchev–Trinajstić information content (AvgIpc) is 2.53. The molecule has 1 atom stereocenters. The summed E-state index contributed by atoms with van der Waals surface area (Å²) in [5.41, 5.74) is 0.834. The third kappa shape index (κ3) is 2.10. The number of rotatable bonds is 3. The van der Waals surface area contributed by atoms with E-state index in [1.165, 1.54) is 0 Å². The molecule has 0 aliphatic rings. The van der Waals surface area contributed by atoms with Gasteiger partial charge in [-0.3, -0.25) is 9.58 Å². The number of nitrogens with zero attached hydrogens (tertiary/aromatic N) is 3. The lowest BCUT2D eigenvalue weighted by Gasteiger charge is -2.22. The maximum Gasteiger partial charge on any atom is 0.103 e. The second kappa shape index (κ2) is 4.11. The van der Waals surface area contributed by atoms with Gasteiger partial charge in [-0.2, -0.15) is 5.10 Å². The minimum atomic E-state index is 0.294. The van der Waals surface area contributed by atoms with E-state index in [1.807, 2.05) is 25.0 Å². The van der Waals surface area contributed by atoms with Crippen LogP contribution in [0.3, 0.4) is 0 Å². The van der Waals surface area contributed by atoms with Gasteiger partial charge >= 0.3 is 0 Å². The van der Waals surface area contributed by atoms with E-state index in [4.69, 9.17) is 6.42 Å². The summed E-state index contributed by atoms with van der Waals surface area (Å²) in [5, 5.41) is 4.21. The first-order chi connectivity index (χ1) is 6.19. The van der Waals surface area contributed by atoms with Gasteiger partial charge in [-0.05, 0) is 20.5 Å². The zero-order valence-electron chi connectivity index (χ0n) is 8.36. The standard InChI is InChI=1S/C10H15N3/c1-5-9-7-11-13(8-9)10(6-2)12(3)4/h1,7-8,10H,6H2,2-4H3. The molecule has 0 radical (unpaired) electrons. The van der Waals surface area contributed by atoms with Crippen LogP contribution in [0.5, 0.6) is 0 Å². The van der Waals surface area contributed by atoms with Crippen molar-refractivity contribution in [1.82, 2.24) is 14.7 Å². The summed E-state index contributed by atoms with van der Waals surface area (Å²) < 4.78 is 1.90. The monoisotopic (exact) mass is 177 g/mol. The molecular weight excluding hydrogens is 162 g/mol. The summed E-state index contributed by atoms with van der Waals surface area (Å²) in [6.07, 6.45) is 10.2. The quantitative estimate of drug-likeness (QED) is 0.649. The van der Waals surface area contributed by atoms with E-state index in [0.717, 1.165) is 12.0 Å². The highest BCUT2D eigenvalue weighted by Crippen LogP contribution is 2.12. The third-order valence-corrected chi connectivity index (χ3v) is 2.03. The van der Waals surface area contributed by atoms with E-state index in [-0.39, 0.29) is 0 Å². The van der Waals surface area contributed by atoms with Gasteiger partial charge < -0.3 is 0 Å². The van der Waals surface area contributed by atoms with Crippen molar-refractivity contribution in [2.45, 2.75) is 19.5 Å². The lowest BCUT2D eigenvalue weighted by Crippen LogP contribution is -2.25. The second-order valence-electron chi connectivity index (χ2n) is 3.21. The number of hydrogen-bond acceptors (Lipinski definition) is 2. The molecule has 0 spiro atoms. The molecule has 1 aromatic rings. The largest absolute Gasteiger partial charge is 0.288 e. The molecule has 0 aromatic carbocycles. The Morgan fingerprint density at radius 3 is 2.77 bits per heavy atom. The fraction of sp³-hybridized carbons (Fsp3) is 0.500. The van der Waals surface area contributed by atoms with Crippen LogP contribution in [0.1, 0.15) is 25.1 Å². The first-order valence-corrected chi connectivity index (χ1v) is 4.36. The summed E-state index contributed by atoms with van der Waals surface area (Å²) in [5.74, 6) is 2.56. The van der Waals surface area contributed by atoms with Gasteiger partial charge in [0.1, 0.15) is 6.17 Å². The highest BCUT2D eigenvalue weighted by atomic mass is 15.4. The smallest absolute Gasteiger partial charge is 0.103 e. The molecule has 70 valence electrons. The van der Waals surface area contributed by atoms with Gasteiger partial charge in [0.2, 0.25) is 0 Å². The summed E-state index contributed by atoms with van der Waals surface area (Å²) in [7, 11) is 4.07. The molecular formula is C10H15N3. The van der Waals surface area contributed by atoms with Crippen molar-refractivity contribution in [1.29, 1.82) is 0 Å². The maximum absolute atomic E-state index is 5.26. The predicted molar refractivity (Wildman–Crippen MR) is 53.2 cm³/mol. The molecule has 1 unspecified atom stereocenters. The Morgan fingerprint density at radius 2 is 2.38 bits per heavy atom. The normalized spacial score (nSPS) is 12.8. The average molecular weight is 177 g/mol. The lowest BCUT2D eigenvalue weighted by molar-refractivity contribution is 0.193. The molecule has 0 fully saturated rings. The van der Waals surface area contributed by atoms with E-state index >= 15 is 0 Å². The van der Waals surface area contributed by atoms with Crippen LogP contribution in [-0.4, -0.2) is 28.8 Å². The van der Waals surface area contributed by atoms with Crippen molar-refractivity contribution in [2.24, 2.45) is 0 Å². The van der Waals surface area contributed by atoms with E-state index in [9.17, 15) is 0 Å². The summed E-state index contributed by atoms with van der Waals surface area (Å²) >= 11 is 0. The van der Waals surface area contributed by atoms with Crippen molar-refractivity contribution >= 4 is 0 Å². The van der Waals surface area contributed by atoms with Crippen LogP contribution in [0.4, 0.5) is 0 Å². The van der Waals surface area contributed by atoms with E-state index < -0.39 is 0 Å². The molecule has 3 heteroatoms. The molecule has 0 bridgehead atoms. The Kier molecular flexibility index (Phi) is 3.10. The molecule has 0 aliphatic heterocycles. The predicted octanol–water partition coefficient (Wildman–Crippen LogP) is 1.33. The molecule has 0 amide bonds. The second-order valence-corrected chi connectivity index (χ2v) is 3.21. The molecule has 1 heterocycles. The maximum atomic E-state index is 5.26. The molecule has 0 aliphatic carbocycles. The van der Waals surface area contributed by atoms with Crippen molar-refractivity contribution in [3.05, 3.63) is 18.0 Å². The molecule has 1 aromatic heterocycles. The highest BCUT2D eigenvalue weighted by Gasteiger charge is 2.11. The zero-order chi connectivity index (χ0) is 9.84. The van der Waals surface area contributed by atoms with Gasteiger partial charge in [-0.15, -0.1) is 6.42 Å². The van der Waals surface area contributed by atoms with Crippen molar-refractivity contribution < 1.29 is 0 Å². The van der Waals surface area contributed by atoms with Gasteiger partial charge in [-0.1, -0.05) is 12.8 Å². The Hall–Kier alpha value is -1.27. The van der Waals surface area contributed by atoms with Crippen LogP contribution in [0.25, 0.3) is 0 Å². The SMILES string of the molecule is C#Cc1cnn(C(CC)N(C)C)c1. The summed E-state index contributed by atoms with van der Waals surface area (Å²) in [6.45, 7) is 2.13. The molecule has 0 N–H and O–H groups in total. The van der Waals surface area contributed by atoms with Crippen LogP contribution < -0.4 is 0 Å². The Labute approximate surface area is 79.4 Å². The molecule has 3 nitrogen and oxygen atoms in total. The van der Waals surface area contributed by atoms with Gasteiger partial charge in [-0.25, -0.2) is 0 Å². The fourth-order valence-electron chi connectivity index (χ4n) is 1.36. The highest BCUT2D eigenvalue weighted by molar-refractivity contribution is 5.26. The Morgan fingerprint density at radius 1 is 1.69 bits per heavy atom. The van der Waals surface area contributed by atoms with E-state index in [2.05, 4.69) is 22.8 Å². The zero-order valence-corrected chi connectivity index (χ0v) is 8.36. The first kappa shape index (κ1) is 9.82. The molecule has 0 saturated heterocycles. The van der Waals surface area contributed by atoms with Gasteiger partial charge in [0.15, 0.2) is 0 Å². The van der Waals surface area contributed by atoms with E-state index in [1.54, 1.807) is 6.20 Å². The first-order valence-electron chi connectivity index (χ1n) is 4.36. The molecule has 1 rings (SSSR count). The topological polar surface area (TPSA) is 21.1 Å². The van der Waals surface area contributed by atoms with Crippen LogP contribution in [0.2, 0.25) is 0 Å². The van der Waals surface area contributed by atoms with Crippen molar-refractivity contribution in [3.63, 3.8) is 0 Å². The van der Waals surface area contributed by atoms with Crippen LogP contribution >= 0.6 is 0 Å². The van der Waals surface area contributed by atoms with Gasteiger partial charge in [0.05, 0.1) is 11.8 Å². The lowest BCUT2D eigenvalue weighted by atomic mass is 10.3. The minimum absolute atomic E-state index is 0.294. The molecule has 13 heavy (non-hydrogen) atoms. The Balaban J connectivity index is 2.87. The van der Waals surface area contributed by atoms with Crippen LogP contribution in [-0.2, 0) is 0 Å². The minimum Gasteiger partial charge on any atom is -0.288 e. The van der Waals surface area contributed by atoms with Gasteiger partial charge in [0.25, 0.3) is 0 Å². The number of terminal acetylenes is 1. The van der Waals surface area contributed by atoms with E-state index in [0.29, 0.717) is 6.17 Å². The number of aromatic nitrogens is 2. The van der Waals surface area contributed by atoms with Crippen molar-refractivity contribution in [3.8, 4) is 12.3 Å². The third-order valence-electron chi connectivity index (χ3n) is 2.03. The fourth-order valence-corrected chi connectivity index (χ4v) is 1.36. The Bertz CT molecular complexity index is 306.